The summed E-state index contributed by atoms with van der Waals surface area (Å²) in [6.07, 6.45) is 7.24. The molecule has 1 aliphatic rings. The fraction of sp³-hybridized carbons (Fsp3) is 0.292. The normalized spacial score (nSPS) is 15.5. The van der Waals surface area contributed by atoms with Crippen molar-refractivity contribution in [3.63, 3.8) is 0 Å². The minimum atomic E-state index is -0.494. The minimum absolute atomic E-state index is 0.323. The van der Waals surface area contributed by atoms with Crippen LogP contribution in [-0.2, 0) is 17.7 Å². The largest absolute Gasteiger partial charge is 0.442 e. The van der Waals surface area contributed by atoms with Crippen LogP contribution < -0.4 is 4.90 Å². The smallest absolute Gasteiger partial charge is 0.414 e. The number of amides is 1. The van der Waals surface area contributed by atoms with Gasteiger partial charge in [0.1, 0.15) is 16.9 Å². The molecule has 0 saturated carbocycles. The van der Waals surface area contributed by atoms with Gasteiger partial charge in [0.15, 0.2) is 0 Å². The van der Waals surface area contributed by atoms with E-state index >= 15 is 4.39 Å². The van der Waals surface area contributed by atoms with Gasteiger partial charge in [-0.15, -0.1) is 22.0 Å². The number of halogens is 1. The topological polar surface area (TPSA) is 102 Å². The number of anilines is 1. The third-order valence-corrected chi connectivity index (χ3v) is 6.75. The van der Waals surface area contributed by atoms with Gasteiger partial charge in [-0.1, -0.05) is 29.5 Å². The number of benzene rings is 2. The second-order valence-corrected chi connectivity index (χ2v) is 9.33. The maximum atomic E-state index is 15.0. The maximum Gasteiger partial charge on any atom is 0.414 e. The van der Waals surface area contributed by atoms with E-state index in [0.29, 0.717) is 24.3 Å². The molecule has 11 heteroatoms. The Hall–Kier alpha value is -3.73. The summed E-state index contributed by atoms with van der Waals surface area (Å²) in [4.78, 5) is 13.8. The van der Waals surface area contributed by atoms with E-state index in [1.54, 1.807) is 47.2 Å². The third kappa shape index (κ3) is 5.68. The summed E-state index contributed by atoms with van der Waals surface area (Å²) >= 11 is 1.69. The second-order valence-electron chi connectivity index (χ2n) is 8.22. The lowest BCUT2D eigenvalue weighted by Crippen LogP contribution is -2.26. The number of carbonyl (C=O) groups excluding carboxylic acids is 1. The third-order valence-electron chi connectivity index (χ3n) is 5.77. The summed E-state index contributed by atoms with van der Waals surface area (Å²) in [7, 11) is 0. The van der Waals surface area contributed by atoms with Crippen LogP contribution >= 0.6 is 11.8 Å². The van der Waals surface area contributed by atoms with Gasteiger partial charge in [-0.3, -0.25) is 4.90 Å². The summed E-state index contributed by atoms with van der Waals surface area (Å²) in [6.45, 7) is 0.721. The number of aromatic nitrogens is 6. The van der Waals surface area contributed by atoms with E-state index in [4.69, 9.17) is 4.74 Å². The average Bonchev–Trinajstić information content (AvgIpc) is 3.63. The standard InChI is InChI=1S/C24H24FN7O2S/c25-22-13-19(32-16-20(34-24(32)33)15-31-11-10-26-30-31)8-9-21(22)18-6-4-17(5-7-18)3-1-2-12-35-23-14-27-29-28-23/h4-11,13-14,20H,1-3,12,15-16H2,(H,27,28,29)/t20-/m0/s1. The van der Waals surface area contributed by atoms with Gasteiger partial charge >= 0.3 is 6.09 Å². The molecule has 0 spiro atoms. The van der Waals surface area contributed by atoms with Gasteiger partial charge < -0.3 is 4.74 Å². The van der Waals surface area contributed by atoms with Crippen LogP contribution in [0.4, 0.5) is 14.9 Å². The lowest BCUT2D eigenvalue weighted by molar-refractivity contribution is 0.129. The summed E-state index contributed by atoms with van der Waals surface area (Å²) in [6, 6.07) is 12.8. The Morgan fingerprint density at radius 2 is 2.06 bits per heavy atom. The highest BCUT2D eigenvalue weighted by atomic mass is 32.2. The zero-order valence-corrected chi connectivity index (χ0v) is 19.7. The minimum Gasteiger partial charge on any atom is -0.442 e. The zero-order chi connectivity index (χ0) is 24.0. The number of aryl methyl sites for hydroxylation is 1. The molecule has 3 heterocycles. The molecule has 5 rings (SSSR count). The highest BCUT2D eigenvalue weighted by Crippen LogP contribution is 2.29. The number of H-pyrrole nitrogens is 1. The molecule has 4 aromatic rings. The molecule has 9 nitrogen and oxygen atoms in total. The number of ether oxygens (including phenoxy) is 1. The highest BCUT2D eigenvalue weighted by Gasteiger charge is 2.33. The molecular formula is C24H24FN7O2S. The second kappa shape index (κ2) is 10.7. The van der Waals surface area contributed by atoms with Gasteiger partial charge in [0.25, 0.3) is 0 Å². The predicted molar refractivity (Wildman–Crippen MR) is 130 cm³/mol. The molecule has 2 aromatic carbocycles. The van der Waals surface area contributed by atoms with E-state index in [1.165, 1.54) is 16.5 Å². The number of nitrogens with one attached hydrogen (secondary N) is 1. The molecule has 0 unspecified atom stereocenters. The van der Waals surface area contributed by atoms with Gasteiger partial charge in [-0.2, -0.15) is 10.3 Å². The molecule has 1 fully saturated rings. The van der Waals surface area contributed by atoms with Crippen molar-refractivity contribution in [1.29, 1.82) is 0 Å². The highest BCUT2D eigenvalue weighted by molar-refractivity contribution is 7.99. The van der Waals surface area contributed by atoms with Crippen LogP contribution in [-0.4, -0.2) is 54.9 Å². The lowest BCUT2D eigenvalue weighted by Gasteiger charge is -2.14. The fourth-order valence-corrected chi connectivity index (χ4v) is 4.78. The van der Waals surface area contributed by atoms with Crippen LogP contribution in [0.3, 0.4) is 0 Å². The van der Waals surface area contributed by atoms with Crippen LogP contribution in [0, 0.1) is 5.82 Å². The number of hydrogen-bond acceptors (Lipinski definition) is 7. The Balaban J connectivity index is 1.16. The van der Waals surface area contributed by atoms with Crippen LogP contribution in [0.1, 0.15) is 18.4 Å². The summed E-state index contributed by atoms with van der Waals surface area (Å²) in [5.41, 5.74) is 2.98. The fourth-order valence-electron chi connectivity index (χ4n) is 3.99. The van der Waals surface area contributed by atoms with E-state index in [-0.39, 0.29) is 11.9 Å². The molecule has 0 bridgehead atoms. The molecular weight excluding hydrogens is 469 g/mol. The first-order valence-corrected chi connectivity index (χ1v) is 12.3. The Bertz CT molecular complexity index is 1250. The van der Waals surface area contributed by atoms with Crippen molar-refractivity contribution in [3.8, 4) is 11.1 Å². The number of hydrogen-bond donors (Lipinski definition) is 1. The van der Waals surface area contributed by atoms with Crippen molar-refractivity contribution >= 4 is 23.5 Å². The molecule has 1 saturated heterocycles. The quantitative estimate of drug-likeness (QED) is 0.259. The van der Waals surface area contributed by atoms with Crippen LogP contribution in [0.5, 0.6) is 0 Å². The van der Waals surface area contributed by atoms with E-state index in [2.05, 4.69) is 25.7 Å². The number of carbonyl (C=O) groups is 1. The van der Waals surface area contributed by atoms with Gasteiger partial charge in [0.05, 0.1) is 31.2 Å². The number of unbranched alkanes of at least 4 members (excludes halogenated alkanes) is 1. The molecule has 0 radical (unpaired) electrons. The summed E-state index contributed by atoms with van der Waals surface area (Å²) in [5, 5.41) is 19.0. The van der Waals surface area contributed by atoms with Gasteiger partial charge in [0, 0.05) is 11.8 Å². The number of nitrogens with zero attached hydrogens (tertiary/aromatic N) is 6. The van der Waals surface area contributed by atoms with E-state index in [9.17, 15) is 4.79 Å². The first-order valence-electron chi connectivity index (χ1n) is 11.4. The number of rotatable bonds is 10. The first-order chi connectivity index (χ1) is 17.2. The Labute approximate surface area is 205 Å². The zero-order valence-electron chi connectivity index (χ0n) is 18.9. The van der Waals surface area contributed by atoms with Gasteiger partial charge in [-0.05, 0) is 54.3 Å². The molecule has 1 aliphatic heterocycles. The monoisotopic (exact) mass is 493 g/mol. The van der Waals surface area contributed by atoms with Crippen molar-refractivity contribution in [1.82, 2.24) is 30.4 Å². The number of thioether (sulfide) groups is 1. The molecule has 1 N–H and O–H groups in total. The van der Waals surface area contributed by atoms with Crippen LogP contribution in [0.15, 0.2) is 66.1 Å². The molecule has 1 atom stereocenters. The average molecular weight is 494 g/mol. The molecule has 2 aromatic heterocycles. The van der Waals surface area contributed by atoms with Crippen LogP contribution in [0.2, 0.25) is 0 Å². The predicted octanol–water partition coefficient (Wildman–Crippen LogP) is 4.34. The van der Waals surface area contributed by atoms with Crippen molar-refractivity contribution in [2.24, 2.45) is 0 Å². The first kappa shape index (κ1) is 23.0. The summed E-state index contributed by atoms with van der Waals surface area (Å²) < 4.78 is 22.0. The van der Waals surface area contributed by atoms with E-state index < -0.39 is 6.09 Å². The molecule has 0 aliphatic carbocycles. The Morgan fingerprint density at radius 1 is 1.17 bits per heavy atom. The number of aromatic amines is 1. The van der Waals surface area contributed by atoms with Crippen LogP contribution in [0.25, 0.3) is 11.1 Å². The Kier molecular flexibility index (Phi) is 7.03. The van der Waals surface area contributed by atoms with Crippen molar-refractivity contribution in [2.45, 2.75) is 36.9 Å². The van der Waals surface area contributed by atoms with Crippen molar-refractivity contribution < 1.29 is 13.9 Å². The molecule has 180 valence electrons. The van der Waals surface area contributed by atoms with Crippen molar-refractivity contribution in [2.75, 3.05) is 17.2 Å². The maximum absolute atomic E-state index is 15.0. The van der Waals surface area contributed by atoms with Gasteiger partial charge in [-0.25, -0.2) is 13.9 Å². The van der Waals surface area contributed by atoms with E-state index in [0.717, 1.165) is 35.6 Å². The molecule has 1 amide bonds. The lowest BCUT2D eigenvalue weighted by atomic mass is 10.0. The molecule has 35 heavy (non-hydrogen) atoms. The van der Waals surface area contributed by atoms with Crippen molar-refractivity contribution in [3.05, 3.63) is 72.4 Å². The number of cyclic esters (lactones) is 1. The SMILES string of the molecule is O=C1O[C@@H](Cn2ccnn2)CN1c1ccc(-c2ccc(CCCCSc3cn[nH]n3)cc2)c(F)c1. The summed E-state index contributed by atoms with van der Waals surface area (Å²) in [5.74, 6) is 0.612. The van der Waals surface area contributed by atoms with Gasteiger partial charge in [0.2, 0.25) is 0 Å². The Morgan fingerprint density at radius 3 is 2.80 bits per heavy atom. The van der Waals surface area contributed by atoms with E-state index in [1.807, 2.05) is 24.3 Å².